The van der Waals surface area contributed by atoms with Crippen LogP contribution in [0.3, 0.4) is 0 Å². The third-order valence-corrected chi connectivity index (χ3v) is 2.82. The van der Waals surface area contributed by atoms with E-state index in [1.165, 1.54) is 0 Å². The summed E-state index contributed by atoms with van der Waals surface area (Å²) >= 11 is 0. The molecular formula is C14H22N2O3. The van der Waals surface area contributed by atoms with Crippen LogP contribution in [0, 0.1) is 6.92 Å². The maximum atomic E-state index is 11.0. The molecule has 0 aliphatic carbocycles. The minimum Gasteiger partial charge on any atom is -0.394 e. The molecule has 0 atom stereocenters. The van der Waals surface area contributed by atoms with Gasteiger partial charge in [-0.1, -0.05) is 6.07 Å². The summed E-state index contributed by atoms with van der Waals surface area (Å²) in [5.41, 5.74) is 7.98. The lowest BCUT2D eigenvalue weighted by molar-refractivity contribution is 0.0907. The number of aryl methyl sites for hydroxylation is 1. The lowest BCUT2D eigenvalue weighted by atomic mass is 10.0. The molecule has 0 saturated heterocycles. The molecule has 4 N–H and O–H groups in total. The van der Waals surface area contributed by atoms with Gasteiger partial charge in [0.05, 0.1) is 13.2 Å². The van der Waals surface area contributed by atoms with Crippen LogP contribution in [0.2, 0.25) is 0 Å². The Bertz CT molecular complexity index is 408. The fourth-order valence-corrected chi connectivity index (χ4v) is 1.74. The van der Waals surface area contributed by atoms with Crippen LogP contribution in [-0.2, 0) is 11.3 Å². The van der Waals surface area contributed by atoms with Crippen molar-refractivity contribution in [2.45, 2.75) is 19.9 Å². The number of benzene rings is 1. The molecule has 0 fully saturated rings. The number of carbonyl (C=O) groups excluding carboxylic acids is 1. The van der Waals surface area contributed by atoms with E-state index >= 15 is 0 Å². The van der Waals surface area contributed by atoms with Crippen molar-refractivity contribution in [2.75, 3.05) is 26.4 Å². The second-order valence-corrected chi connectivity index (χ2v) is 4.37. The Morgan fingerprint density at radius 2 is 2.21 bits per heavy atom. The molecule has 1 amide bonds. The average molecular weight is 266 g/mol. The molecule has 0 radical (unpaired) electrons. The van der Waals surface area contributed by atoms with Gasteiger partial charge in [0.2, 0.25) is 5.91 Å². The fraction of sp³-hybridized carbons (Fsp3) is 0.500. The van der Waals surface area contributed by atoms with Gasteiger partial charge in [-0.3, -0.25) is 4.79 Å². The van der Waals surface area contributed by atoms with Crippen molar-refractivity contribution in [3.63, 3.8) is 0 Å². The third-order valence-electron chi connectivity index (χ3n) is 2.82. The highest BCUT2D eigenvalue weighted by molar-refractivity contribution is 5.93. The van der Waals surface area contributed by atoms with Gasteiger partial charge in [0.1, 0.15) is 0 Å². The standard InChI is InChI=1S/C14H22N2O3/c1-11-9-12(14(15)18)3-4-13(11)10-16-5-2-7-19-8-6-17/h3-4,9,16-17H,2,5-8,10H2,1H3,(H2,15,18). The summed E-state index contributed by atoms with van der Waals surface area (Å²) in [7, 11) is 0. The third kappa shape index (κ3) is 5.83. The number of nitrogens with two attached hydrogens (primary N) is 1. The molecule has 1 aromatic rings. The van der Waals surface area contributed by atoms with Crippen molar-refractivity contribution in [3.05, 3.63) is 34.9 Å². The predicted molar refractivity (Wildman–Crippen MR) is 73.9 cm³/mol. The summed E-state index contributed by atoms with van der Waals surface area (Å²) in [6, 6.07) is 5.48. The SMILES string of the molecule is Cc1cc(C(N)=O)ccc1CNCCCOCCO. The van der Waals surface area contributed by atoms with Crippen LogP contribution in [0.5, 0.6) is 0 Å². The van der Waals surface area contributed by atoms with Crippen LogP contribution in [-0.4, -0.2) is 37.4 Å². The summed E-state index contributed by atoms with van der Waals surface area (Å²) in [6.07, 6.45) is 0.901. The number of hydrogen-bond acceptors (Lipinski definition) is 4. The summed E-state index contributed by atoms with van der Waals surface area (Å²) < 4.78 is 5.16. The maximum Gasteiger partial charge on any atom is 0.248 e. The molecule has 0 bridgehead atoms. The van der Waals surface area contributed by atoms with E-state index in [0.29, 0.717) is 18.8 Å². The smallest absolute Gasteiger partial charge is 0.248 e. The molecule has 0 heterocycles. The van der Waals surface area contributed by atoms with E-state index in [1.807, 2.05) is 19.1 Å². The summed E-state index contributed by atoms with van der Waals surface area (Å²) in [6.45, 7) is 4.68. The van der Waals surface area contributed by atoms with E-state index in [0.717, 1.165) is 30.6 Å². The number of aliphatic hydroxyl groups is 1. The fourth-order valence-electron chi connectivity index (χ4n) is 1.74. The largest absolute Gasteiger partial charge is 0.394 e. The average Bonchev–Trinajstić information content (AvgIpc) is 2.39. The van der Waals surface area contributed by atoms with Gasteiger partial charge in [-0.05, 0) is 43.1 Å². The van der Waals surface area contributed by atoms with E-state index in [1.54, 1.807) is 6.07 Å². The van der Waals surface area contributed by atoms with Crippen LogP contribution in [0.1, 0.15) is 27.9 Å². The first-order valence-corrected chi connectivity index (χ1v) is 6.44. The molecule has 0 unspecified atom stereocenters. The zero-order valence-corrected chi connectivity index (χ0v) is 11.3. The highest BCUT2D eigenvalue weighted by atomic mass is 16.5. The number of nitrogens with one attached hydrogen (secondary N) is 1. The minimum absolute atomic E-state index is 0.0683. The van der Waals surface area contributed by atoms with Crippen LogP contribution < -0.4 is 11.1 Å². The second-order valence-electron chi connectivity index (χ2n) is 4.37. The first-order valence-electron chi connectivity index (χ1n) is 6.44. The van der Waals surface area contributed by atoms with E-state index in [-0.39, 0.29) is 6.61 Å². The van der Waals surface area contributed by atoms with Gasteiger partial charge in [-0.15, -0.1) is 0 Å². The van der Waals surface area contributed by atoms with Crippen molar-refractivity contribution >= 4 is 5.91 Å². The maximum absolute atomic E-state index is 11.0. The van der Waals surface area contributed by atoms with Gasteiger partial charge in [0, 0.05) is 18.7 Å². The van der Waals surface area contributed by atoms with Gasteiger partial charge in [0.25, 0.3) is 0 Å². The molecular weight excluding hydrogens is 244 g/mol. The van der Waals surface area contributed by atoms with Crippen molar-refractivity contribution in [1.29, 1.82) is 0 Å². The number of primary amides is 1. The number of amides is 1. The van der Waals surface area contributed by atoms with Crippen LogP contribution in [0.25, 0.3) is 0 Å². The van der Waals surface area contributed by atoms with E-state index < -0.39 is 5.91 Å². The van der Waals surface area contributed by atoms with Crippen molar-refractivity contribution in [2.24, 2.45) is 5.73 Å². The van der Waals surface area contributed by atoms with Crippen molar-refractivity contribution < 1.29 is 14.6 Å². The molecule has 0 saturated carbocycles. The molecule has 0 aliphatic rings. The topological polar surface area (TPSA) is 84.6 Å². The normalized spacial score (nSPS) is 10.6. The van der Waals surface area contributed by atoms with Gasteiger partial charge >= 0.3 is 0 Å². The molecule has 5 nitrogen and oxygen atoms in total. The highest BCUT2D eigenvalue weighted by Gasteiger charge is 2.03. The Labute approximate surface area is 113 Å². The second kappa shape index (κ2) is 8.63. The van der Waals surface area contributed by atoms with Crippen LogP contribution in [0.4, 0.5) is 0 Å². The van der Waals surface area contributed by atoms with E-state index in [4.69, 9.17) is 15.6 Å². The van der Waals surface area contributed by atoms with Crippen molar-refractivity contribution in [3.8, 4) is 0 Å². The number of hydrogen-bond donors (Lipinski definition) is 3. The molecule has 0 aliphatic heterocycles. The molecule has 106 valence electrons. The number of ether oxygens (including phenoxy) is 1. The first kappa shape index (κ1) is 15.6. The first-order chi connectivity index (χ1) is 9.15. The van der Waals surface area contributed by atoms with Crippen LogP contribution >= 0.6 is 0 Å². The quantitative estimate of drug-likeness (QED) is 0.571. The molecule has 0 aromatic heterocycles. The summed E-state index contributed by atoms with van der Waals surface area (Å²) in [5, 5.41) is 11.8. The predicted octanol–water partition coefficient (Wildman–Crippen LogP) is 0.583. The summed E-state index contributed by atoms with van der Waals surface area (Å²) in [5.74, 6) is -0.399. The Morgan fingerprint density at radius 1 is 1.42 bits per heavy atom. The molecule has 0 spiro atoms. The minimum atomic E-state index is -0.399. The molecule has 1 rings (SSSR count). The van der Waals surface area contributed by atoms with Gasteiger partial charge in [-0.2, -0.15) is 0 Å². The zero-order chi connectivity index (χ0) is 14.1. The number of aliphatic hydroxyl groups excluding tert-OH is 1. The molecule has 1 aromatic carbocycles. The number of rotatable bonds is 9. The van der Waals surface area contributed by atoms with E-state index in [9.17, 15) is 4.79 Å². The molecule has 19 heavy (non-hydrogen) atoms. The van der Waals surface area contributed by atoms with Crippen molar-refractivity contribution in [1.82, 2.24) is 5.32 Å². The van der Waals surface area contributed by atoms with Gasteiger partial charge < -0.3 is 20.9 Å². The highest BCUT2D eigenvalue weighted by Crippen LogP contribution is 2.10. The molecule has 5 heteroatoms. The number of carbonyl (C=O) groups is 1. The zero-order valence-electron chi connectivity index (χ0n) is 11.3. The Morgan fingerprint density at radius 3 is 2.84 bits per heavy atom. The Hall–Kier alpha value is -1.43. The van der Waals surface area contributed by atoms with Crippen LogP contribution in [0.15, 0.2) is 18.2 Å². The lowest BCUT2D eigenvalue weighted by Gasteiger charge is -2.09. The Balaban J connectivity index is 2.28. The Kier molecular flexibility index (Phi) is 7.10. The van der Waals surface area contributed by atoms with Gasteiger partial charge in [-0.25, -0.2) is 0 Å². The lowest BCUT2D eigenvalue weighted by Crippen LogP contribution is -2.18. The van der Waals surface area contributed by atoms with Gasteiger partial charge in [0.15, 0.2) is 0 Å². The monoisotopic (exact) mass is 266 g/mol. The van der Waals surface area contributed by atoms with E-state index in [2.05, 4.69) is 5.32 Å². The summed E-state index contributed by atoms with van der Waals surface area (Å²) in [4.78, 5) is 11.0.